The molecule has 0 heterocycles. The first kappa shape index (κ1) is 10.8. The minimum atomic E-state index is -1.06. The Balaban J connectivity index is 2.60. The van der Waals surface area contributed by atoms with E-state index in [9.17, 15) is 4.21 Å². The Morgan fingerprint density at radius 2 is 2.07 bits per heavy atom. The molecule has 0 fully saturated rings. The monoisotopic (exact) mass is 209 g/mol. The minimum absolute atomic E-state index is 0.275. The second-order valence-electron chi connectivity index (χ2n) is 2.82. The van der Waals surface area contributed by atoms with Gasteiger partial charge in [0, 0.05) is 22.1 Å². The zero-order chi connectivity index (χ0) is 10.4. The fraction of sp³-hybridized carbons (Fsp3) is 0.333. The molecule has 0 amide bonds. The molecular formula is C9H11N3OS. The molecule has 0 aliphatic rings. The number of hydrogen-bond donors (Lipinski definition) is 0. The molecule has 0 aliphatic carbocycles. The topological polar surface area (TPSA) is 65.8 Å². The molecular weight excluding hydrogens is 198 g/mol. The highest BCUT2D eigenvalue weighted by Gasteiger charge is 2.01. The fourth-order valence-corrected chi connectivity index (χ4v) is 1.90. The van der Waals surface area contributed by atoms with Crippen molar-refractivity contribution in [3.05, 3.63) is 40.3 Å². The van der Waals surface area contributed by atoms with Crippen molar-refractivity contribution in [3.63, 3.8) is 0 Å². The summed E-state index contributed by atoms with van der Waals surface area (Å²) >= 11 is 0. The summed E-state index contributed by atoms with van der Waals surface area (Å²) in [5, 5.41) is 3.34. The highest BCUT2D eigenvalue weighted by atomic mass is 32.2. The van der Waals surface area contributed by atoms with Crippen molar-refractivity contribution in [1.82, 2.24) is 0 Å². The predicted molar refractivity (Wildman–Crippen MR) is 56.5 cm³/mol. The van der Waals surface area contributed by atoms with Crippen molar-refractivity contribution in [1.29, 1.82) is 0 Å². The zero-order valence-corrected chi connectivity index (χ0v) is 8.70. The van der Waals surface area contributed by atoms with E-state index in [-0.39, 0.29) is 6.54 Å². The second-order valence-corrected chi connectivity index (χ2v) is 4.39. The number of benzene rings is 1. The molecule has 0 saturated heterocycles. The third kappa shape index (κ3) is 3.20. The van der Waals surface area contributed by atoms with Gasteiger partial charge in [-0.1, -0.05) is 22.8 Å². The van der Waals surface area contributed by atoms with Gasteiger partial charge in [-0.2, -0.15) is 0 Å². The lowest BCUT2D eigenvalue weighted by atomic mass is 10.2. The maximum absolute atomic E-state index is 11.6. The van der Waals surface area contributed by atoms with Crippen LogP contribution in [0.15, 0.2) is 34.3 Å². The average molecular weight is 209 g/mol. The standard InChI is InChI=1S/C9H11N3OS/c1-8-2-4-9(5-3-8)14(13)7-6-11-12-10/h2-5H,6-7H2,1H3. The van der Waals surface area contributed by atoms with Gasteiger partial charge in [0.15, 0.2) is 0 Å². The summed E-state index contributed by atoms with van der Waals surface area (Å²) in [6.07, 6.45) is 0. The smallest absolute Gasteiger partial charge is 0.0530 e. The summed E-state index contributed by atoms with van der Waals surface area (Å²) in [5.41, 5.74) is 9.19. The summed E-state index contributed by atoms with van der Waals surface area (Å²) in [6.45, 7) is 2.25. The number of aryl methyl sites for hydroxylation is 1. The van der Waals surface area contributed by atoms with Crippen molar-refractivity contribution in [3.8, 4) is 0 Å². The van der Waals surface area contributed by atoms with Gasteiger partial charge in [-0.25, -0.2) is 0 Å². The number of rotatable bonds is 4. The molecule has 14 heavy (non-hydrogen) atoms. The van der Waals surface area contributed by atoms with Crippen molar-refractivity contribution in [2.24, 2.45) is 5.11 Å². The van der Waals surface area contributed by atoms with Gasteiger partial charge in [-0.3, -0.25) is 4.21 Å². The van der Waals surface area contributed by atoms with E-state index in [1.165, 1.54) is 0 Å². The molecule has 0 aromatic heterocycles. The Morgan fingerprint density at radius 1 is 1.43 bits per heavy atom. The average Bonchev–Trinajstić information content (AvgIpc) is 2.19. The second kappa shape index (κ2) is 5.42. The Morgan fingerprint density at radius 3 is 2.64 bits per heavy atom. The molecule has 4 nitrogen and oxygen atoms in total. The van der Waals surface area contributed by atoms with Gasteiger partial charge in [0.25, 0.3) is 0 Å². The Kier molecular flexibility index (Phi) is 4.16. The van der Waals surface area contributed by atoms with E-state index in [4.69, 9.17) is 5.53 Å². The van der Waals surface area contributed by atoms with E-state index in [0.717, 1.165) is 10.5 Å². The molecule has 1 aromatic rings. The molecule has 74 valence electrons. The van der Waals surface area contributed by atoms with Crippen molar-refractivity contribution >= 4 is 10.8 Å². The number of azide groups is 1. The summed E-state index contributed by atoms with van der Waals surface area (Å²) in [7, 11) is -1.06. The largest absolute Gasteiger partial charge is 0.254 e. The lowest BCUT2D eigenvalue weighted by molar-refractivity contribution is 0.682. The van der Waals surface area contributed by atoms with Gasteiger partial charge in [0.2, 0.25) is 0 Å². The first-order chi connectivity index (χ1) is 6.74. The Bertz CT molecular complexity index is 368. The lowest BCUT2D eigenvalue weighted by Gasteiger charge is -1.99. The third-order valence-electron chi connectivity index (χ3n) is 1.72. The van der Waals surface area contributed by atoms with Gasteiger partial charge in [0.1, 0.15) is 0 Å². The molecule has 1 unspecified atom stereocenters. The van der Waals surface area contributed by atoms with E-state index in [1.54, 1.807) is 0 Å². The molecule has 0 radical (unpaired) electrons. The fourth-order valence-electron chi connectivity index (χ4n) is 0.976. The molecule has 5 heteroatoms. The third-order valence-corrected chi connectivity index (χ3v) is 3.08. The van der Waals surface area contributed by atoms with E-state index in [0.29, 0.717) is 5.75 Å². The van der Waals surface area contributed by atoms with Crippen LogP contribution in [0.25, 0.3) is 10.4 Å². The summed E-state index contributed by atoms with van der Waals surface area (Å²) in [5.74, 6) is 0.382. The van der Waals surface area contributed by atoms with Crippen molar-refractivity contribution < 1.29 is 4.21 Å². The van der Waals surface area contributed by atoms with Crippen LogP contribution >= 0.6 is 0 Å². The van der Waals surface area contributed by atoms with Gasteiger partial charge < -0.3 is 0 Å². The molecule has 0 spiro atoms. The van der Waals surface area contributed by atoms with Gasteiger partial charge >= 0.3 is 0 Å². The maximum Gasteiger partial charge on any atom is 0.0530 e. The molecule has 0 bridgehead atoms. The van der Waals surface area contributed by atoms with Crippen LogP contribution in [0.3, 0.4) is 0 Å². The number of nitrogens with zero attached hydrogens (tertiary/aromatic N) is 3. The van der Waals surface area contributed by atoms with Crippen LogP contribution < -0.4 is 0 Å². The highest BCUT2D eigenvalue weighted by molar-refractivity contribution is 7.85. The van der Waals surface area contributed by atoms with Crippen LogP contribution in [0.2, 0.25) is 0 Å². The van der Waals surface area contributed by atoms with Crippen LogP contribution in [0.4, 0.5) is 0 Å². The highest BCUT2D eigenvalue weighted by Crippen LogP contribution is 2.08. The van der Waals surface area contributed by atoms with Crippen LogP contribution in [-0.2, 0) is 10.8 Å². The molecule has 1 rings (SSSR count). The Hall–Kier alpha value is -1.32. The lowest BCUT2D eigenvalue weighted by Crippen LogP contribution is -2.00. The quantitative estimate of drug-likeness (QED) is 0.426. The predicted octanol–water partition coefficient (Wildman–Crippen LogP) is 2.41. The summed E-state index contributed by atoms with van der Waals surface area (Å²) in [4.78, 5) is 3.39. The van der Waals surface area contributed by atoms with Gasteiger partial charge in [-0.05, 0) is 24.6 Å². The van der Waals surface area contributed by atoms with Crippen LogP contribution in [0.5, 0.6) is 0 Å². The maximum atomic E-state index is 11.6. The molecule has 0 aliphatic heterocycles. The molecule has 1 atom stereocenters. The normalized spacial score (nSPS) is 11.8. The molecule has 1 aromatic carbocycles. The van der Waals surface area contributed by atoms with E-state index >= 15 is 0 Å². The minimum Gasteiger partial charge on any atom is -0.254 e. The van der Waals surface area contributed by atoms with Gasteiger partial charge in [0.05, 0.1) is 10.8 Å². The van der Waals surface area contributed by atoms with Crippen molar-refractivity contribution in [2.45, 2.75) is 11.8 Å². The van der Waals surface area contributed by atoms with Crippen LogP contribution in [0, 0.1) is 6.92 Å². The van der Waals surface area contributed by atoms with Crippen molar-refractivity contribution in [2.75, 3.05) is 12.3 Å². The van der Waals surface area contributed by atoms with Gasteiger partial charge in [-0.15, -0.1) is 0 Å². The summed E-state index contributed by atoms with van der Waals surface area (Å²) in [6, 6.07) is 7.50. The first-order valence-electron chi connectivity index (χ1n) is 4.20. The summed E-state index contributed by atoms with van der Waals surface area (Å²) < 4.78 is 11.6. The SMILES string of the molecule is Cc1ccc(S(=O)CCN=[N+]=[N-])cc1. The zero-order valence-electron chi connectivity index (χ0n) is 7.88. The van der Waals surface area contributed by atoms with E-state index < -0.39 is 10.8 Å². The molecule has 0 N–H and O–H groups in total. The molecule has 0 saturated carbocycles. The first-order valence-corrected chi connectivity index (χ1v) is 5.52. The Labute approximate surface area is 85.0 Å². The van der Waals surface area contributed by atoms with Crippen LogP contribution in [-0.4, -0.2) is 16.5 Å². The van der Waals surface area contributed by atoms with Crippen LogP contribution in [0.1, 0.15) is 5.56 Å². The number of hydrogen-bond acceptors (Lipinski definition) is 2. The van der Waals surface area contributed by atoms with E-state index in [2.05, 4.69) is 10.0 Å². The van der Waals surface area contributed by atoms with E-state index in [1.807, 2.05) is 31.2 Å².